The van der Waals surface area contributed by atoms with Crippen molar-refractivity contribution in [2.75, 3.05) is 58.2 Å². The van der Waals surface area contributed by atoms with Crippen LogP contribution in [-0.4, -0.2) is 86.0 Å². The Kier molecular flexibility index (Phi) is 15.7. The van der Waals surface area contributed by atoms with E-state index in [2.05, 4.69) is 10.3 Å². The minimum atomic E-state index is -1.15. The average molecular weight is 666 g/mol. The van der Waals surface area contributed by atoms with Crippen LogP contribution >= 0.6 is 0 Å². The number of aliphatic hydroxyl groups excluding tert-OH is 1. The van der Waals surface area contributed by atoms with E-state index in [-0.39, 0.29) is 25.0 Å². The first kappa shape index (κ1) is 36.9. The molecule has 1 saturated carbocycles. The van der Waals surface area contributed by atoms with Gasteiger partial charge >= 0.3 is 5.97 Å². The standard InChI is InChI=1S/C36H47N3O9/c37-35(42)27-12-14-38-33(24-27)31-25-30(48-29-8-1-2-9-29)10-11-32(31)39-36(43)28-7-3-5-26(23-28)6-4-15-44-17-19-46-21-22-47-20-18-45-16-13-34(40)41/h3,5,7,10-12,14,23-25,29,35,42H,1-2,4,6,8-9,13,15-22,37H2,(H,39,43)(H,40,41). The molecule has 0 aliphatic heterocycles. The number of carboxylic acids is 1. The highest BCUT2D eigenvalue weighted by Gasteiger charge is 2.19. The molecule has 1 heterocycles. The quantitative estimate of drug-likeness (QED) is 0.0863. The molecule has 1 aromatic heterocycles. The third-order valence-corrected chi connectivity index (χ3v) is 7.77. The molecule has 12 heteroatoms. The Morgan fingerprint density at radius 1 is 0.875 bits per heavy atom. The van der Waals surface area contributed by atoms with Crippen LogP contribution in [0.3, 0.4) is 0 Å². The van der Waals surface area contributed by atoms with Crippen molar-refractivity contribution in [3.8, 4) is 17.0 Å². The maximum absolute atomic E-state index is 13.4. The lowest BCUT2D eigenvalue weighted by molar-refractivity contribution is -0.138. The van der Waals surface area contributed by atoms with Crippen molar-refractivity contribution < 1.29 is 43.5 Å². The van der Waals surface area contributed by atoms with Gasteiger partial charge in [-0.3, -0.25) is 14.6 Å². The average Bonchev–Trinajstić information content (AvgIpc) is 3.60. The fourth-order valence-electron chi connectivity index (χ4n) is 5.26. The Hall–Kier alpha value is -3.91. The van der Waals surface area contributed by atoms with Crippen molar-refractivity contribution in [1.29, 1.82) is 0 Å². The van der Waals surface area contributed by atoms with Crippen LogP contribution in [0.5, 0.6) is 5.75 Å². The van der Waals surface area contributed by atoms with Gasteiger partial charge in [-0.05, 0) is 92.1 Å². The number of aryl methyl sites for hydroxylation is 1. The molecular weight excluding hydrogens is 618 g/mol. The molecule has 0 bridgehead atoms. The molecule has 1 atom stereocenters. The molecule has 4 rings (SSSR count). The van der Waals surface area contributed by atoms with Crippen molar-refractivity contribution in [2.45, 2.75) is 57.3 Å². The number of rotatable bonds is 22. The fourth-order valence-corrected chi connectivity index (χ4v) is 5.26. The summed E-state index contributed by atoms with van der Waals surface area (Å²) in [4.78, 5) is 28.3. The number of carbonyl (C=O) groups is 2. The molecule has 1 aliphatic rings. The zero-order valence-electron chi connectivity index (χ0n) is 27.3. The zero-order chi connectivity index (χ0) is 34.0. The smallest absolute Gasteiger partial charge is 0.305 e. The van der Waals surface area contributed by atoms with Crippen molar-refractivity contribution in [3.63, 3.8) is 0 Å². The molecular formula is C36H47N3O9. The van der Waals surface area contributed by atoms with E-state index in [0.717, 1.165) is 44.1 Å². The number of hydrogen-bond donors (Lipinski definition) is 4. The predicted octanol–water partition coefficient (Wildman–Crippen LogP) is 4.75. The summed E-state index contributed by atoms with van der Waals surface area (Å²) in [5.74, 6) is -0.430. The van der Waals surface area contributed by atoms with Crippen LogP contribution in [0.1, 0.15) is 66.2 Å². The number of aliphatic carboxylic acids is 1. The number of hydrogen-bond acceptors (Lipinski definition) is 10. The number of amides is 1. The second-order valence-corrected chi connectivity index (χ2v) is 11.5. The summed E-state index contributed by atoms with van der Waals surface area (Å²) < 4.78 is 27.9. The van der Waals surface area contributed by atoms with Gasteiger partial charge in [0.25, 0.3) is 5.91 Å². The van der Waals surface area contributed by atoms with E-state index >= 15 is 0 Å². The van der Waals surface area contributed by atoms with Crippen LogP contribution in [0.15, 0.2) is 60.8 Å². The minimum absolute atomic E-state index is 0.0152. The first-order valence-corrected chi connectivity index (χ1v) is 16.5. The maximum atomic E-state index is 13.4. The molecule has 0 radical (unpaired) electrons. The molecule has 0 spiro atoms. The minimum Gasteiger partial charge on any atom is -0.490 e. The maximum Gasteiger partial charge on any atom is 0.305 e. The number of nitrogens with one attached hydrogen (secondary N) is 1. The van der Waals surface area contributed by atoms with E-state index < -0.39 is 12.2 Å². The van der Waals surface area contributed by atoms with Crippen molar-refractivity contribution in [2.24, 2.45) is 5.73 Å². The molecule has 1 unspecified atom stereocenters. The highest BCUT2D eigenvalue weighted by molar-refractivity contribution is 6.06. The van der Waals surface area contributed by atoms with E-state index in [1.807, 2.05) is 36.4 Å². The summed E-state index contributed by atoms with van der Waals surface area (Å²) in [5, 5.41) is 21.5. The number of carboxylic acid groups (broad SMARTS) is 1. The Labute approximate surface area is 281 Å². The van der Waals surface area contributed by atoms with E-state index in [9.17, 15) is 14.7 Å². The number of benzene rings is 2. The molecule has 5 N–H and O–H groups in total. The lowest BCUT2D eigenvalue weighted by Crippen LogP contribution is -2.14. The van der Waals surface area contributed by atoms with E-state index in [0.29, 0.717) is 80.1 Å². The van der Waals surface area contributed by atoms with Crippen LogP contribution in [-0.2, 0) is 30.2 Å². The van der Waals surface area contributed by atoms with Gasteiger partial charge in [-0.15, -0.1) is 0 Å². The molecule has 1 fully saturated rings. The number of nitrogens with two attached hydrogens (primary N) is 1. The summed E-state index contributed by atoms with van der Waals surface area (Å²) >= 11 is 0. The topological polar surface area (TPSA) is 172 Å². The summed E-state index contributed by atoms with van der Waals surface area (Å²) in [7, 11) is 0. The highest BCUT2D eigenvalue weighted by Crippen LogP contribution is 2.34. The van der Waals surface area contributed by atoms with Gasteiger partial charge in [0.2, 0.25) is 0 Å². The SMILES string of the molecule is NC(O)c1ccnc(-c2cc(OC3CCCC3)ccc2NC(=O)c2cccc(CCCOCCOCCOCCOCCC(=O)O)c2)c1. The number of carbonyl (C=O) groups excluding carboxylic acids is 1. The normalized spacial score (nSPS) is 13.8. The van der Waals surface area contributed by atoms with Crippen LogP contribution in [0, 0.1) is 0 Å². The van der Waals surface area contributed by atoms with Gasteiger partial charge in [0.1, 0.15) is 12.0 Å². The number of ether oxygens (including phenoxy) is 5. The second kappa shape index (κ2) is 20.5. The molecule has 1 aliphatic carbocycles. The van der Waals surface area contributed by atoms with Crippen LogP contribution < -0.4 is 15.8 Å². The van der Waals surface area contributed by atoms with Gasteiger partial charge in [-0.2, -0.15) is 0 Å². The van der Waals surface area contributed by atoms with E-state index in [1.165, 1.54) is 0 Å². The Bertz CT molecular complexity index is 1430. The van der Waals surface area contributed by atoms with Gasteiger partial charge in [-0.25, -0.2) is 0 Å². The zero-order valence-corrected chi connectivity index (χ0v) is 27.3. The first-order valence-electron chi connectivity index (χ1n) is 16.5. The molecule has 12 nitrogen and oxygen atoms in total. The third-order valence-electron chi connectivity index (χ3n) is 7.77. The molecule has 1 amide bonds. The third kappa shape index (κ3) is 12.9. The summed E-state index contributed by atoms with van der Waals surface area (Å²) in [5.41, 5.74) is 9.60. The summed E-state index contributed by atoms with van der Waals surface area (Å²) in [6.45, 7) is 3.27. The summed E-state index contributed by atoms with van der Waals surface area (Å²) in [6.07, 6.45) is 6.48. The van der Waals surface area contributed by atoms with Crippen LogP contribution in [0.2, 0.25) is 0 Å². The van der Waals surface area contributed by atoms with E-state index in [4.69, 9.17) is 34.5 Å². The van der Waals surface area contributed by atoms with Crippen LogP contribution in [0.25, 0.3) is 11.3 Å². The Morgan fingerprint density at radius 3 is 2.25 bits per heavy atom. The number of aromatic nitrogens is 1. The largest absolute Gasteiger partial charge is 0.490 e. The molecule has 48 heavy (non-hydrogen) atoms. The molecule has 2 aromatic carbocycles. The van der Waals surface area contributed by atoms with Crippen molar-refractivity contribution in [3.05, 3.63) is 77.5 Å². The molecule has 260 valence electrons. The first-order chi connectivity index (χ1) is 23.4. The van der Waals surface area contributed by atoms with Crippen LogP contribution in [0.4, 0.5) is 5.69 Å². The van der Waals surface area contributed by atoms with Gasteiger partial charge in [0.15, 0.2) is 0 Å². The highest BCUT2D eigenvalue weighted by atomic mass is 16.6. The number of nitrogens with zero attached hydrogens (tertiary/aromatic N) is 1. The molecule has 3 aromatic rings. The number of anilines is 1. The fraction of sp³-hybridized carbons (Fsp3) is 0.472. The van der Waals surface area contributed by atoms with Gasteiger partial charge < -0.3 is 44.9 Å². The molecule has 0 saturated heterocycles. The lowest BCUT2D eigenvalue weighted by atomic mass is 10.0. The monoisotopic (exact) mass is 665 g/mol. The Morgan fingerprint density at radius 2 is 1.56 bits per heavy atom. The Balaban J connectivity index is 1.21. The number of aliphatic hydroxyl groups is 1. The van der Waals surface area contributed by atoms with Crippen molar-refractivity contribution >= 4 is 17.6 Å². The van der Waals surface area contributed by atoms with Crippen molar-refractivity contribution in [1.82, 2.24) is 4.98 Å². The van der Waals surface area contributed by atoms with Gasteiger partial charge in [0, 0.05) is 23.9 Å². The summed E-state index contributed by atoms with van der Waals surface area (Å²) in [6, 6.07) is 16.5. The second-order valence-electron chi connectivity index (χ2n) is 11.5. The predicted molar refractivity (Wildman–Crippen MR) is 180 cm³/mol. The van der Waals surface area contributed by atoms with Gasteiger partial charge in [0.05, 0.1) is 70.2 Å². The van der Waals surface area contributed by atoms with E-state index in [1.54, 1.807) is 24.4 Å². The van der Waals surface area contributed by atoms with Gasteiger partial charge in [-0.1, -0.05) is 12.1 Å². The lowest BCUT2D eigenvalue weighted by Gasteiger charge is -2.17. The number of pyridine rings is 1.